The molecule has 1 atom stereocenters. The maximum Gasteiger partial charge on any atom is 0.247 e. The van der Waals surface area contributed by atoms with E-state index in [2.05, 4.69) is 10.2 Å². The van der Waals surface area contributed by atoms with Crippen molar-refractivity contribution in [1.82, 2.24) is 15.1 Å². The van der Waals surface area contributed by atoms with Gasteiger partial charge in [0.2, 0.25) is 17.7 Å². The van der Waals surface area contributed by atoms with Crippen LogP contribution >= 0.6 is 24.0 Å². The van der Waals surface area contributed by atoms with Gasteiger partial charge >= 0.3 is 0 Å². The number of thioether (sulfide) groups is 1. The van der Waals surface area contributed by atoms with E-state index in [0.717, 1.165) is 5.56 Å². The second-order valence-electron chi connectivity index (χ2n) is 4.32. The normalized spacial score (nSPS) is 18.9. The van der Waals surface area contributed by atoms with Crippen molar-refractivity contribution in [3.8, 4) is 11.5 Å². The van der Waals surface area contributed by atoms with E-state index in [1.54, 1.807) is 0 Å². The Kier molecular flexibility index (Phi) is 3.54. The van der Waals surface area contributed by atoms with Crippen molar-refractivity contribution in [3.63, 3.8) is 0 Å². The van der Waals surface area contributed by atoms with Crippen molar-refractivity contribution in [1.29, 1.82) is 0 Å². The zero-order chi connectivity index (χ0) is 14.1. The number of amides is 1. The Morgan fingerprint density at radius 1 is 1.35 bits per heavy atom. The van der Waals surface area contributed by atoms with Gasteiger partial charge < -0.3 is 4.42 Å². The van der Waals surface area contributed by atoms with Crippen LogP contribution in [0.5, 0.6) is 0 Å². The molecule has 1 saturated heterocycles. The lowest BCUT2D eigenvalue weighted by atomic mass is 10.2. The smallest absolute Gasteiger partial charge is 0.247 e. The van der Waals surface area contributed by atoms with Crippen LogP contribution in [0, 0.1) is 0 Å². The summed E-state index contributed by atoms with van der Waals surface area (Å²) >= 11 is 6.55. The summed E-state index contributed by atoms with van der Waals surface area (Å²) < 4.78 is 6.14. The number of hydrogen-bond acceptors (Lipinski definition) is 6. The summed E-state index contributed by atoms with van der Waals surface area (Å²) in [4.78, 5) is 13.4. The van der Waals surface area contributed by atoms with Crippen LogP contribution in [0.15, 0.2) is 34.7 Å². The first kappa shape index (κ1) is 13.3. The molecule has 1 amide bonds. The molecule has 5 nitrogen and oxygen atoms in total. The zero-order valence-corrected chi connectivity index (χ0v) is 12.3. The molecule has 3 rings (SSSR count). The van der Waals surface area contributed by atoms with E-state index in [1.807, 2.05) is 37.3 Å². The second-order valence-corrected chi connectivity index (χ2v) is 6.29. The third-order valence-electron chi connectivity index (χ3n) is 2.89. The monoisotopic (exact) mass is 305 g/mol. The summed E-state index contributed by atoms with van der Waals surface area (Å²) in [5.41, 5.74) is 0.851. The molecule has 0 spiro atoms. The molecule has 7 heteroatoms. The number of nitrogens with zero attached hydrogens (tertiary/aromatic N) is 3. The molecule has 0 N–H and O–H groups in total. The average Bonchev–Trinajstić information content (AvgIpc) is 3.01. The molecular formula is C13H11N3O2S2. The van der Waals surface area contributed by atoms with Crippen LogP contribution in [0.3, 0.4) is 0 Å². The minimum absolute atomic E-state index is 0.0144. The molecule has 1 aromatic carbocycles. The van der Waals surface area contributed by atoms with Gasteiger partial charge in [0.15, 0.2) is 0 Å². The first-order valence-corrected chi connectivity index (χ1v) is 7.34. The Hall–Kier alpha value is -1.73. The average molecular weight is 305 g/mol. The molecule has 0 bridgehead atoms. The highest BCUT2D eigenvalue weighted by atomic mass is 32.2. The van der Waals surface area contributed by atoms with Gasteiger partial charge in [0.25, 0.3) is 0 Å². The lowest BCUT2D eigenvalue weighted by Gasteiger charge is -2.11. The maximum atomic E-state index is 11.9. The van der Waals surface area contributed by atoms with E-state index in [0.29, 0.717) is 16.1 Å². The summed E-state index contributed by atoms with van der Waals surface area (Å²) in [7, 11) is 0. The van der Waals surface area contributed by atoms with Crippen molar-refractivity contribution in [2.75, 3.05) is 0 Å². The number of rotatable bonds is 3. The molecule has 0 radical (unpaired) electrons. The highest BCUT2D eigenvalue weighted by molar-refractivity contribution is 8.24. The third kappa shape index (κ3) is 2.46. The number of carbonyl (C=O) groups is 1. The van der Waals surface area contributed by atoms with Gasteiger partial charge in [-0.15, -0.1) is 10.2 Å². The van der Waals surface area contributed by atoms with Crippen LogP contribution in [0.25, 0.3) is 11.5 Å². The molecule has 1 aliphatic rings. The van der Waals surface area contributed by atoms with Crippen molar-refractivity contribution >= 4 is 34.2 Å². The van der Waals surface area contributed by atoms with E-state index in [9.17, 15) is 4.79 Å². The SMILES string of the molecule is CC1SC(=S)N(Cc2nnc(-c3ccccc3)o2)C1=O. The van der Waals surface area contributed by atoms with Crippen LogP contribution in [0.4, 0.5) is 0 Å². The minimum atomic E-state index is -0.140. The van der Waals surface area contributed by atoms with Gasteiger partial charge in [-0.25, -0.2) is 0 Å². The summed E-state index contributed by atoms with van der Waals surface area (Å²) in [5.74, 6) is 0.813. The Morgan fingerprint density at radius 3 is 2.75 bits per heavy atom. The van der Waals surface area contributed by atoms with Gasteiger partial charge in [-0.2, -0.15) is 0 Å². The van der Waals surface area contributed by atoms with Crippen molar-refractivity contribution < 1.29 is 9.21 Å². The third-order valence-corrected chi connectivity index (χ3v) is 4.38. The van der Waals surface area contributed by atoms with Crippen LogP contribution in [-0.2, 0) is 11.3 Å². The van der Waals surface area contributed by atoms with Gasteiger partial charge in [-0.3, -0.25) is 9.69 Å². The molecule has 2 aromatic rings. The van der Waals surface area contributed by atoms with Crippen LogP contribution in [-0.4, -0.2) is 30.6 Å². The molecule has 0 aliphatic carbocycles. The fraction of sp³-hybridized carbons (Fsp3) is 0.231. The first-order valence-electron chi connectivity index (χ1n) is 6.05. The standard InChI is InChI=1S/C13H11N3O2S2/c1-8-12(17)16(13(19)20-8)7-10-14-15-11(18-10)9-5-3-2-4-6-9/h2-6,8H,7H2,1H3. The second kappa shape index (κ2) is 5.34. The number of aromatic nitrogens is 2. The number of thiocarbonyl (C=S) groups is 1. The van der Waals surface area contributed by atoms with Gasteiger partial charge in [-0.05, 0) is 19.1 Å². The molecule has 1 fully saturated rings. The molecule has 1 aliphatic heterocycles. The van der Waals surface area contributed by atoms with E-state index >= 15 is 0 Å². The predicted octanol–water partition coefficient (Wildman–Crippen LogP) is 2.49. The number of hydrogen-bond donors (Lipinski definition) is 0. The summed E-state index contributed by atoms with van der Waals surface area (Å²) in [6.45, 7) is 2.07. The fourth-order valence-electron chi connectivity index (χ4n) is 1.87. The fourth-order valence-corrected chi connectivity index (χ4v) is 3.27. The zero-order valence-electron chi connectivity index (χ0n) is 10.6. The number of carbonyl (C=O) groups excluding carboxylic acids is 1. The molecule has 2 heterocycles. The quantitative estimate of drug-likeness (QED) is 0.812. The Balaban J connectivity index is 1.78. The topological polar surface area (TPSA) is 59.2 Å². The Morgan fingerprint density at radius 2 is 2.10 bits per heavy atom. The highest BCUT2D eigenvalue weighted by Crippen LogP contribution is 2.28. The highest BCUT2D eigenvalue weighted by Gasteiger charge is 2.34. The lowest BCUT2D eigenvalue weighted by Crippen LogP contribution is -2.30. The Labute approximate surface area is 125 Å². The molecule has 0 saturated carbocycles. The lowest BCUT2D eigenvalue weighted by molar-refractivity contribution is -0.126. The first-order chi connectivity index (χ1) is 9.65. The summed E-state index contributed by atoms with van der Waals surface area (Å²) in [6, 6.07) is 9.50. The molecule has 1 aromatic heterocycles. The van der Waals surface area contributed by atoms with E-state index in [4.69, 9.17) is 16.6 Å². The van der Waals surface area contributed by atoms with Crippen LogP contribution in [0.1, 0.15) is 12.8 Å². The number of benzene rings is 1. The van der Waals surface area contributed by atoms with E-state index < -0.39 is 0 Å². The van der Waals surface area contributed by atoms with Gasteiger partial charge in [0, 0.05) is 5.56 Å². The van der Waals surface area contributed by atoms with Crippen LogP contribution in [0.2, 0.25) is 0 Å². The summed E-state index contributed by atoms with van der Waals surface area (Å²) in [5, 5.41) is 7.82. The van der Waals surface area contributed by atoms with Gasteiger partial charge in [0.05, 0.1) is 5.25 Å². The molecule has 20 heavy (non-hydrogen) atoms. The minimum Gasteiger partial charge on any atom is -0.419 e. The summed E-state index contributed by atoms with van der Waals surface area (Å²) in [6.07, 6.45) is 0. The van der Waals surface area contributed by atoms with Crippen molar-refractivity contribution in [3.05, 3.63) is 36.2 Å². The van der Waals surface area contributed by atoms with Gasteiger partial charge in [-0.1, -0.05) is 42.2 Å². The van der Waals surface area contributed by atoms with E-state index in [-0.39, 0.29) is 17.7 Å². The van der Waals surface area contributed by atoms with Crippen molar-refractivity contribution in [2.45, 2.75) is 18.7 Å². The van der Waals surface area contributed by atoms with Gasteiger partial charge in [0.1, 0.15) is 10.9 Å². The van der Waals surface area contributed by atoms with E-state index in [1.165, 1.54) is 16.7 Å². The largest absolute Gasteiger partial charge is 0.419 e. The molecule has 1 unspecified atom stereocenters. The Bertz CT molecular complexity index is 657. The van der Waals surface area contributed by atoms with Crippen LogP contribution < -0.4 is 0 Å². The van der Waals surface area contributed by atoms with Crippen molar-refractivity contribution in [2.24, 2.45) is 0 Å². The molecular weight excluding hydrogens is 294 g/mol. The molecule has 102 valence electrons. The predicted molar refractivity (Wildman–Crippen MR) is 79.9 cm³/mol. The maximum absolute atomic E-state index is 11.9.